The Bertz CT molecular complexity index is 148. The van der Waals surface area contributed by atoms with Gasteiger partial charge in [0.15, 0.2) is 0 Å². The molecule has 0 aromatic heterocycles. The zero-order chi connectivity index (χ0) is 25.2. The molecule has 0 aliphatic heterocycles. The van der Waals surface area contributed by atoms with Crippen molar-refractivity contribution in [1.29, 1.82) is 0 Å². The number of rotatable bonds is 11. The highest BCUT2D eigenvalue weighted by Crippen LogP contribution is 2.01. The summed E-state index contributed by atoms with van der Waals surface area (Å²) in [5.74, 6) is 0. The summed E-state index contributed by atoms with van der Waals surface area (Å²) >= 11 is 0. The molecule has 3 heteroatoms. The van der Waals surface area contributed by atoms with E-state index in [1.807, 2.05) is 0 Å². The average Bonchev–Trinajstić information content (AvgIpc) is 2.86. The van der Waals surface area contributed by atoms with Gasteiger partial charge in [0.2, 0.25) is 0 Å². The highest BCUT2D eigenvalue weighted by atomic mass is 16.5. The molecule has 0 aliphatic rings. The van der Waals surface area contributed by atoms with Crippen LogP contribution in [0.25, 0.3) is 0 Å². The standard InChI is InChI=1S/C12H26O.C2H6O2.6C2H4/c1-3-5-7-9-11-13-12-10-8-6-4-2;3-1-2-4;6*1-2/h3-12H2,1-2H3;3-4H,1-2H2;6*1-2H2. The van der Waals surface area contributed by atoms with Gasteiger partial charge in [-0.1, -0.05) is 52.4 Å². The first kappa shape index (κ1) is 50.7. The highest BCUT2D eigenvalue weighted by Gasteiger charge is 1.90. The Labute approximate surface area is 185 Å². The third-order valence-electron chi connectivity index (χ3n) is 2.38. The van der Waals surface area contributed by atoms with Crippen LogP contribution in [0.4, 0.5) is 0 Å². The highest BCUT2D eigenvalue weighted by molar-refractivity contribution is 4.42. The van der Waals surface area contributed by atoms with Crippen LogP contribution in [0.1, 0.15) is 65.2 Å². The van der Waals surface area contributed by atoms with Gasteiger partial charge in [0.1, 0.15) is 0 Å². The molecule has 0 aromatic carbocycles. The average molecular weight is 417 g/mol. The Morgan fingerprint density at radius 2 is 0.690 bits per heavy atom. The molecule has 2 N–H and O–H groups in total. The number of hydrogen-bond donors (Lipinski definition) is 2. The van der Waals surface area contributed by atoms with Crippen molar-refractivity contribution in [2.24, 2.45) is 0 Å². The third kappa shape index (κ3) is 179. The van der Waals surface area contributed by atoms with E-state index in [1.54, 1.807) is 0 Å². The molecule has 29 heavy (non-hydrogen) atoms. The molecule has 0 fully saturated rings. The summed E-state index contributed by atoms with van der Waals surface area (Å²) in [4.78, 5) is 0. The van der Waals surface area contributed by atoms with Crippen molar-refractivity contribution >= 4 is 0 Å². The predicted molar refractivity (Wildman–Crippen MR) is 141 cm³/mol. The molecule has 0 radical (unpaired) electrons. The molecule has 0 aliphatic carbocycles. The maximum absolute atomic E-state index is 7.62. The van der Waals surface area contributed by atoms with Gasteiger partial charge in [-0.05, 0) is 12.8 Å². The maximum Gasteiger partial charge on any atom is 0.0662 e. The van der Waals surface area contributed by atoms with E-state index in [-0.39, 0.29) is 13.2 Å². The topological polar surface area (TPSA) is 49.7 Å². The molecule has 3 nitrogen and oxygen atoms in total. The summed E-state index contributed by atoms with van der Waals surface area (Å²) < 4.78 is 5.53. The SMILES string of the molecule is C=C.C=C.C=C.C=C.C=C.C=C.CCCCCCOCCCCCC.OCCO. The summed E-state index contributed by atoms with van der Waals surface area (Å²) in [6.07, 6.45) is 10.5. The fourth-order valence-electron chi connectivity index (χ4n) is 1.36. The summed E-state index contributed by atoms with van der Waals surface area (Å²) in [5, 5.41) is 15.2. The normalized spacial score (nSPS) is 6.62. The minimum atomic E-state index is -0.125. The van der Waals surface area contributed by atoms with E-state index in [2.05, 4.69) is 92.8 Å². The van der Waals surface area contributed by atoms with E-state index in [4.69, 9.17) is 14.9 Å². The van der Waals surface area contributed by atoms with Crippen LogP contribution in [0, 0.1) is 0 Å². The first-order valence-corrected chi connectivity index (χ1v) is 10.1. The van der Waals surface area contributed by atoms with Gasteiger partial charge < -0.3 is 14.9 Å². The molecule has 0 amide bonds. The van der Waals surface area contributed by atoms with Crippen molar-refractivity contribution in [2.75, 3.05) is 26.4 Å². The van der Waals surface area contributed by atoms with Crippen molar-refractivity contribution in [1.82, 2.24) is 0 Å². The molecule has 178 valence electrons. The number of aliphatic hydroxyl groups is 2. The van der Waals surface area contributed by atoms with Crippen LogP contribution in [-0.2, 0) is 4.74 Å². The fourth-order valence-corrected chi connectivity index (χ4v) is 1.36. The van der Waals surface area contributed by atoms with E-state index < -0.39 is 0 Å². The quantitative estimate of drug-likeness (QED) is 0.265. The van der Waals surface area contributed by atoms with E-state index >= 15 is 0 Å². The van der Waals surface area contributed by atoms with Crippen molar-refractivity contribution < 1.29 is 14.9 Å². The number of ether oxygens (including phenoxy) is 1. The van der Waals surface area contributed by atoms with Crippen LogP contribution >= 0.6 is 0 Å². The first-order valence-electron chi connectivity index (χ1n) is 10.1. The van der Waals surface area contributed by atoms with Gasteiger partial charge in [0.25, 0.3) is 0 Å². The summed E-state index contributed by atoms with van der Waals surface area (Å²) in [6, 6.07) is 0. The van der Waals surface area contributed by atoms with Crippen LogP contribution in [0.3, 0.4) is 0 Å². The minimum absolute atomic E-state index is 0.125. The Morgan fingerprint density at radius 3 is 0.862 bits per heavy atom. The Kier molecular flexibility index (Phi) is 230. The molecule has 0 atom stereocenters. The van der Waals surface area contributed by atoms with E-state index in [0.717, 1.165) is 13.2 Å². The van der Waals surface area contributed by atoms with Gasteiger partial charge in [-0.3, -0.25) is 0 Å². The Hall–Kier alpha value is -1.68. The van der Waals surface area contributed by atoms with Gasteiger partial charge in [-0.15, -0.1) is 78.9 Å². The summed E-state index contributed by atoms with van der Waals surface area (Å²) in [5.41, 5.74) is 0. The van der Waals surface area contributed by atoms with Crippen LogP contribution in [-0.4, -0.2) is 36.6 Å². The molecule has 0 heterocycles. The molecule has 0 unspecified atom stereocenters. The third-order valence-corrected chi connectivity index (χ3v) is 2.38. The second-order valence-electron chi connectivity index (χ2n) is 4.18. The minimum Gasteiger partial charge on any atom is -0.394 e. The molecular formula is C26H56O3. The van der Waals surface area contributed by atoms with Gasteiger partial charge in [-0.2, -0.15) is 0 Å². The lowest BCUT2D eigenvalue weighted by Crippen LogP contribution is -1.96. The van der Waals surface area contributed by atoms with Crippen LogP contribution < -0.4 is 0 Å². The van der Waals surface area contributed by atoms with Crippen LogP contribution in [0.15, 0.2) is 78.9 Å². The van der Waals surface area contributed by atoms with Gasteiger partial charge in [0, 0.05) is 13.2 Å². The van der Waals surface area contributed by atoms with Gasteiger partial charge in [0.05, 0.1) is 13.2 Å². The Morgan fingerprint density at radius 1 is 0.448 bits per heavy atom. The number of aliphatic hydroxyl groups excluding tert-OH is 2. The molecule has 0 aromatic rings. The van der Waals surface area contributed by atoms with E-state index in [0.29, 0.717) is 0 Å². The monoisotopic (exact) mass is 416 g/mol. The molecule has 0 saturated heterocycles. The van der Waals surface area contributed by atoms with Crippen molar-refractivity contribution in [3.8, 4) is 0 Å². The van der Waals surface area contributed by atoms with E-state index in [1.165, 1.54) is 51.4 Å². The molecule has 0 bridgehead atoms. The summed E-state index contributed by atoms with van der Waals surface area (Å²) in [7, 11) is 0. The lowest BCUT2D eigenvalue weighted by Gasteiger charge is -2.03. The summed E-state index contributed by atoms with van der Waals surface area (Å²) in [6.45, 7) is 42.2. The largest absolute Gasteiger partial charge is 0.394 e. The fraction of sp³-hybridized carbons (Fsp3) is 0.538. The smallest absolute Gasteiger partial charge is 0.0662 e. The van der Waals surface area contributed by atoms with Crippen molar-refractivity contribution in [2.45, 2.75) is 65.2 Å². The van der Waals surface area contributed by atoms with Crippen LogP contribution in [0.5, 0.6) is 0 Å². The van der Waals surface area contributed by atoms with Gasteiger partial charge in [-0.25, -0.2) is 0 Å². The predicted octanol–water partition coefficient (Wildman–Crippen LogP) is 7.95. The lowest BCUT2D eigenvalue weighted by molar-refractivity contribution is 0.126. The molecular weight excluding hydrogens is 360 g/mol. The number of hydrogen-bond acceptors (Lipinski definition) is 3. The van der Waals surface area contributed by atoms with Crippen LogP contribution in [0.2, 0.25) is 0 Å². The molecule has 0 spiro atoms. The zero-order valence-corrected chi connectivity index (χ0v) is 20.3. The van der Waals surface area contributed by atoms with E-state index in [9.17, 15) is 0 Å². The molecule has 0 rings (SSSR count). The maximum atomic E-state index is 7.62. The lowest BCUT2D eigenvalue weighted by atomic mass is 10.2. The number of unbranched alkanes of at least 4 members (excludes halogenated alkanes) is 6. The zero-order valence-electron chi connectivity index (χ0n) is 20.3. The first-order chi connectivity index (χ1) is 14.3. The van der Waals surface area contributed by atoms with Gasteiger partial charge >= 0.3 is 0 Å². The second-order valence-corrected chi connectivity index (χ2v) is 4.18. The van der Waals surface area contributed by atoms with Crippen molar-refractivity contribution in [3.63, 3.8) is 0 Å². The Balaban J connectivity index is -0.0000000382. The molecule has 0 saturated carbocycles. The van der Waals surface area contributed by atoms with Crippen molar-refractivity contribution in [3.05, 3.63) is 78.9 Å². The second kappa shape index (κ2) is 132.